The van der Waals surface area contributed by atoms with Crippen LogP contribution in [-0.4, -0.2) is 36.1 Å². The number of hydrogen-bond donors (Lipinski definition) is 2. The van der Waals surface area contributed by atoms with E-state index in [9.17, 15) is 9.59 Å². The van der Waals surface area contributed by atoms with Crippen LogP contribution < -0.4 is 11.1 Å². The molecule has 4 aromatic rings. The zero-order valence-electron chi connectivity index (χ0n) is 15.0. The lowest BCUT2D eigenvalue weighted by Gasteiger charge is -2.06. The topological polar surface area (TPSA) is 121 Å². The molecule has 0 aliphatic rings. The van der Waals surface area contributed by atoms with Gasteiger partial charge in [0.05, 0.1) is 24.6 Å². The molecule has 9 nitrogen and oxygen atoms in total. The Bertz CT molecular complexity index is 1180. The van der Waals surface area contributed by atoms with E-state index in [1.54, 1.807) is 24.0 Å². The Kier molecular flexibility index (Phi) is 4.32. The minimum atomic E-state index is -0.675. The summed E-state index contributed by atoms with van der Waals surface area (Å²) in [6, 6.07) is 11.6. The average Bonchev–Trinajstić information content (AvgIpc) is 3.25. The summed E-state index contributed by atoms with van der Waals surface area (Å²) < 4.78 is 3.23. The van der Waals surface area contributed by atoms with Gasteiger partial charge in [-0.15, -0.1) is 0 Å². The van der Waals surface area contributed by atoms with Crippen molar-refractivity contribution in [2.24, 2.45) is 12.8 Å². The molecule has 0 radical (unpaired) electrons. The number of hydrogen-bond acceptors (Lipinski definition) is 5. The average molecular weight is 375 g/mol. The van der Waals surface area contributed by atoms with E-state index >= 15 is 0 Å². The van der Waals surface area contributed by atoms with E-state index in [1.165, 1.54) is 17.1 Å². The second kappa shape index (κ2) is 6.95. The summed E-state index contributed by atoms with van der Waals surface area (Å²) in [5.74, 6) is -1.00. The molecule has 3 heterocycles. The molecule has 4 rings (SSSR count). The van der Waals surface area contributed by atoms with Crippen molar-refractivity contribution in [3.63, 3.8) is 0 Å². The number of anilines is 1. The molecule has 1 aromatic carbocycles. The predicted molar refractivity (Wildman–Crippen MR) is 103 cm³/mol. The molecule has 140 valence electrons. The summed E-state index contributed by atoms with van der Waals surface area (Å²) in [5, 5.41) is 7.70. The maximum atomic E-state index is 12.6. The lowest BCUT2D eigenvalue weighted by molar-refractivity contribution is 0.0993. The fourth-order valence-electron chi connectivity index (χ4n) is 2.96. The van der Waals surface area contributed by atoms with Crippen molar-refractivity contribution in [3.8, 4) is 0 Å². The predicted octanol–water partition coefficient (Wildman–Crippen LogP) is 1.56. The molecule has 3 aromatic heterocycles. The van der Waals surface area contributed by atoms with Crippen LogP contribution >= 0.6 is 0 Å². The van der Waals surface area contributed by atoms with E-state index in [2.05, 4.69) is 20.4 Å². The van der Waals surface area contributed by atoms with Gasteiger partial charge in [0.25, 0.3) is 11.8 Å². The van der Waals surface area contributed by atoms with Gasteiger partial charge in [-0.25, -0.2) is 14.6 Å². The number of carbonyl (C=O) groups is 2. The number of amides is 2. The fourth-order valence-corrected chi connectivity index (χ4v) is 2.96. The first-order chi connectivity index (χ1) is 13.5. The molecule has 0 aliphatic heterocycles. The van der Waals surface area contributed by atoms with Gasteiger partial charge in [-0.05, 0) is 11.6 Å². The summed E-state index contributed by atoms with van der Waals surface area (Å²) in [5.41, 5.74) is 7.57. The Hall–Kier alpha value is -4.01. The Labute approximate surface area is 159 Å². The van der Waals surface area contributed by atoms with E-state index in [0.717, 1.165) is 10.9 Å². The van der Waals surface area contributed by atoms with Crippen molar-refractivity contribution in [3.05, 3.63) is 71.9 Å². The van der Waals surface area contributed by atoms with Crippen LogP contribution in [0.2, 0.25) is 0 Å². The van der Waals surface area contributed by atoms with Gasteiger partial charge in [-0.1, -0.05) is 30.3 Å². The van der Waals surface area contributed by atoms with Gasteiger partial charge in [0.15, 0.2) is 17.2 Å². The number of fused-ring (bicyclic) bond motifs is 1. The van der Waals surface area contributed by atoms with Crippen LogP contribution in [0.25, 0.3) is 11.0 Å². The first-order valence-corrected chi connectivity index (χ1v) is 8.51. The van der Waals surface area contributed by atoms with Crippen LogP contribution in [0.4, 0.5) is 5.82 Å². The Morgan fingerprint density at radius 3 is 2.68 bits per heavy atom. The lowest BCUT2D eigenvalue weighted by Crippen LogP contribution is -2.20. The van der Waals surface area contributed by atoms with Crippen molar-refractivity contribution in [2.45, 2.75) is 6.54 Å². The zero-order valence-corrected chi connectivity index (χ0v) is 15.0. The SMILES string of the molecule is Cn1cnc(NC(=O)c2cnc3c(cnn3Cc3ccccc3)c2)c1C(N)=O. The quantitative estimate of drug-likeness (QED) is 0.548. The maximum Gasteiger partial charge on any atom is 0.269 e. The highest BCUT2D eigenvalue weighted by Crippen LogP contribution is 2.17. The third-order valence-electron chi connectivity index (χ3n) is 4.32. The van der Waals surface area contributed by atoms with Gasteiger partial charge < -0.3 is 15.6 Å². The number of pyridine rings is 1. The van der Waals surface area contributed by atoms with Crippen LogP contribution in [0.3, 0.4) is 0 Å². The Balaban J connectivity index is 1.58. The van der Waals surface area contributed by atoms with E-state index in [4.69, 9.17) is 5.73 Å². The largest absolute Gasteiger partial charge is 0.364 e. The number of imidazole rings is 1. The minimum Gasteiger partial charge on any atom is -0.364 e. The number of carbonyl (C=O) groups excluding carboxylic acids is 2. The van der Waals surface area contributed by atoms with Gasteiger partial charge in [-0.3, -0.25) is 9.59 Å². The Morgan fingerprint density at radius 1 is 1.14 bits per heavy atom. The molecule has 2 amide bonds. The smallest absolute Gasteiger partial charge is 0.269 e. The van der Waals surface area contributed by atoms with Crippen molar-refractivity contribution < 1.29 is 9.59 Å². The molecule has 0 spiro atoms. The van der Waals surface area contributed by atoms with Crippen LogP contribution in [0, 0.1) is 0 Å². The first-order valence-electron chi connectivity index (χ1n) is 8.51. The monoisotopic (exact) mass is 375 g/mol. The summed E-state index contributed by atoms with van der Waals surface area (Å²) in [6.45, 7) is 0.582. The number of benzene rings is 1. The van der Waals surface area contributed by atoms with E-state index in [0.29, 0.717) is 17.8 Å². The molecule has 0 aliphatic carbocycles. The summed E-state index contributed by atoms with van der Waals surface area (Å²) in [6.07, 6.45) is 4.54. The summed E-state index contributed by atoms with van der Waals surface area (Å²) >= 11 is 0. The van der Waals surface area contributed by atoms with E-state index < -0.39 is 11.8 Å². The summed E-state index contributed by atoms with van der Waals surface area (Å²) in [4.78, 5) is 32.5. The van der Waals surface area contributed by atoms with Crippen LogP contribution in [0.15, 0.2) is 55.1 Å². The Morgan fingerprint density at radius 2 is 1.93 bits per heavy atom. The molecule has 0 bridgehead atoms. The number of aromatic nitrogens is 5. The maximum absolute atomic E-state index is 12.6. The highest BCUT2D eigenvalue weighted by molar-refractivity contribution is 6.08. The van der Waals surface area contributed by atoms with Crippen molar-refractivity contribution in [1.29, 1.82) is 0 Å². The fraction of sp³-hybridized carbons (Fsp3) is 0.105. The van der Waals surface area contributed by atoms with Gasteiger partial charge in [0, 0.05) is 18.6 Å². The number of nitrogens with zero attached hydrogens (tertiary/aromatic N) is 5. The molecular weight excluding hydrogens is 358 g/mol. The van der Waals surface area contributed by atoms with Crippen molar-refractivity contribution in [2.75, 3.05) is 5.32 Å². The van der Waals surface area contributed by atoms with E-state index in [-0.39, 0.29) is 11.5 Å². The molecule has 28 heavy (non-hydrogen) atoms. The lowest BCUT2D eigenvalue weighted by atomic mass is 10.2. The molecule has 3 N–H and O–H groups in total. The van der Waals surface area contributed by atoms with Crippen molar-refractivity contribution in [1.82, 2.24) is 24.3 Å². The number of nitrogens with two attached hydrogens (primary N) is 1. The highest BCUT2D eigenvalue weighted by Gasteiger charge is 2.18. The second-order valence-electron chi connectivity index (χ2n) is 6.30. The molecule has 0 atom stereocenters. The number of aryl methyl sites for hydroxylation is 1. The van der Waals surface area contributed by atoms with Crippen LogP contribution in [0.1, 0.15) is 26.4 Å². The molecule has 0 saturated carbocycles. The van der Waals surface area contributed by atoms with Gasteiger partial charge in [-0.2, -0.15) is 5.10 Å². The van der Waals surface area contributed by atoms with Crippen LogP contribution in [0.5, 0.6) is 0 Å². The third-order valence-corrected chi connectivity index (χ3v) is 4.32. The van der Waals surface area contributed by atoms with Crippen molar-refractivity contribution >= 4 is 28.7 Å². The van der Waals surface area contributed by atoms with Crippen LogP contribution in [-0.2, 0) is 13.6 Å². The molecule has 0 fully saturated rings. The molecular formula is C19H17N7O2. The van der Waals surface area contributed by atoms with Gasteiger partial charge in [0.2, 0.25) is 0 Å². The van der Waals surface area contributed by atoms with Gasteiger partial charge in [0.1, 0.15) is 0 Å². The number of nitrogens with one attached hydrogen (secondary N) is 1. The van der Waals surface area contributed by atoms with Gasteiger partial charge >= 0.3 is 0 Å². The minimum absolute atomic E-state index is 0.111. The first kappa shape index (κ1) is 17.4. The number of rotatable bonds is 5. The highest BCUT2D eigenvalue weighted by atomic mass is 16.2. The number of primary amides is 1. The molecule has 0 saturated heterocycles. The molecule has 9 heteroatoms. The zero-order chi connectivity index (χ0) is 19.7. The summed E-state index contributed by atoms with van der Waals surface area (Å²) in [7, 11) is 1.62. The third kappa shape index (κ3) is 3.20. The second-order valence-corrected chi connectivity index (χ2v) is 6.30. The standard InChI is InChI=1S/C19H17N7O2/c1-25-11-22-17(15(25)16(20)27)24-19(28)14-7-13-9-23-26(18(13)21-8-14)10-12-5-3-2-4-6-12/h2-9,11H,10H2,1H3,(H2,20,27)(H,24,28). The van der Waals surface area contributed by atoms with E-state index in [1.807, 2.05) is 30.3 Å². The normalized spacial score (nSPS) is 10.9. The molecule has 0 unspecified atom stereocenters.